The van der Waals surface area contributed by atoms with Crippen molar-refractivity contribution in [3.63, 3.8) is 0 Å². The molecule has 4 nitrogen and oxygen atoms in total. The Hall–Kier alpha value is -2.85. The summed E-state index contributed by atoms with van der Waals surface area (Å²) in [5.74, 6) is 0.123. The lowest BCUT2D eigenvalue weighted by atomic mass is 9.96. The molecule has 2 heterocycles. The molecule has 4 heteroatoms. The molecule has 0 aliphatic carbocycles. The summed E-state index contributed by atoms with van der Waals surface area (Å²) < 4.78 is 1.89. The minimum absolute atomic E-state index is 0.123. The summed E-state index contributed by atoms with van der Waals surface area (Å²) in [5, 5.41) is 0. The number of rotatable bonds is 4. The second kappa shape index (κ2) is 7.80. The smallest absolute Gasteiger partial charge is 0.270 e. The van der Waals surface area contributed by atoms with Crippen molar-refractivity contribution in [3.8, 4) is 0 Å². The SMILES string of the molecule is Cn1cccc1C(=O)N1CCN(C(c2ccccc2)c2ccccc2)CC1. The number of aromatic nitrogens is 1. The van der Waals surface area contributed by atoms with Crippen LogP contribution in [0.4, 0.5) is 0 Å². The zero-order valence-corrected chi connectivity index (χ0v) is 15.7. The number of hydrogen-bond donors (Lipinski definition) is 0. The van der Waals surface area contributed by atoms with Gasteiger partial charge in [-0.25, -0.2) is 0 Å². The van der Waals surface area contributed by atoms with Gasteiger partial charge in [0.05, 0.1) is 6.04 Å². The van der Waals surface area contributed by atoms with Crippen LogP contribution in [0.1, 0.15) is 27.7 Å². The minimum Gasteiger partial charge on any atom is -0.347 e. The molecular formula is C23H25N3O. The Balaban J connectivity index is 1.52. The van der Waals surface area contributed by atoms with Gasteiger partial charge in [0.15, 0.2) is 0 Å². The Morgan fingerprint density at radius 2 is 1.33 bits per heavy atom. The lowest BCUT2D eigenvalue weighted by molar-refractivity contribution is 0.0588. The van der Waals surface area contributed by atoms with E-state index in [2.05, 4.69) is 65.6 Å². The molecule has 0 saturated carbocycles. The van der Waals surface area contributed by atoms with Crippen molar-refractivity contribution in [1.29, 1.82) is 0 Å². The van der Waals surface area contributed by atoms with E-state index in [1.54, 1.807) is 0 Å². The molecule has 27 heavy (non-hydrogen) atoms. The topological polar surface area (TPSA) is 28.5 Å². The van der Waals surface area contributed by atoms with Gasteiger partial charge in [0.25, 0.3) is 5.91 Å². The highest BCUT2D eigenvalue weighted by molar-refractivity contribution is 5.92. The number of nitrogens with zero attached hydrogens (tertiary/aromatic N) is 3. The van der Waals surface area contributed by atoms with Gasteiger partial charge in [-0.1, -0.05) is 60.7 Å². The number of amides is 1. The van der Waals surface area contributed by atoms with E-state index < -0.39 is 0 Å². The summed E-state index contributed by atoms with van der Waals surface area (Å²) >= 11 is 0. The number of carbonyl (C=O) groups excluding carboxylic acids is 1. The Morgan fingerprint density at radius 1 is 0.778 bits per heavy atom. The molecule has 1 aliphatic rings. The van der Waals surface area contributed by atoms with Crippen molar-refractivity contribution >= 4 is 5.91 Å². The first kappa shape index (κ1) is 17.6. The number of aryl methyl sites for hydroxylation is 1. The van der Waals surface area contributed by atoms with Crippen LogP contribution in [0.15, 0.2) is 79.0 Å². The maximum absolute atomic E-state index is 12.8. The van der Waals surface area contributed by atoms with Gasteiger partial charge in [0, 0.05) is 39.4 Å². The largest absolute Gasteiger partial charge is 0.347 e. The molecule has 0 unspecified atom stereocenters. The fourth-order valence-electron chi connectivity index (χ4n) is 3.91. The monoisotopic (exact) mass is 359 g/mol. The van der Waals surface area contributed by atoms with E-state index in [4.69, 9.17) is 0 Å². The molecule has 0 bridgehead atoms. The maximum atomic E-state index is 12.8. The molecule has 0 N–H and O–H groups in total. The summed E-state index contributed by atoms with van der Waals surface area (Å²) in [5.41, 5.74) is 3.35. The first-order chi connectivity index (χ1) is 13.2. The second-order valence-corrected chi connectivity index (χ2v) is 7.06. The number of carbonyl (C=O) groups is 1. The lowest BCUT2D eigenvalue weighted by Gasteiger charge is -2.39. The highest BCUT2D eigenvalue weighted by atomic mass is 16.2. The quantitative estimate of drug-likeness (QED) is 0.712. The van der Waals surface area contributed by atoms with Crippen LogP contribution < -0.4 is 0 Å². The maximum Gasteiger partial charge on any atom is 0.270 e. The predicted octanol–water partition coefficient (Wildman–Crippen LogP) is 3.57. The highest BCUT2D eigenvalue weighted by Crippen LogP contribution is 2.29. The third kappa shape index (κ3) is 3.67. The lowest BCUT2D eigenvalue weighted by Crippen LogP contribution is -2.50. The van der Waals surface area contributed by atoms with Gasteiger partial charge in [-0.3, -0.25) is 9.69 Å². The van der Waals surface area contributed by atoms with E-state index in [0.717, 1.165) is 31.9 Å². The van der Waals surface area contributed by atoms with Crippen LogP contribution in [0.2, 0.25) is 0 Å². The van der Waals surface area contributed by atoms with Crippen LogP contribution >= 0.6 is 0 Å². The summed E-state index contributed by atoms with van der Waals surface area (Å²) in [6, 6.07) is 25.3. The van der Waals surface area contributed by atoms with Gasteiger partial charge in [0.1, 0.15) is 5.69 Å². The Bertz CT molecular complexity index is 841. The standard InChI is InChI=1S/C23H25N3O/c1-24-14-8-13-21(24)23(27)26-17-15-25(16-18-26)22(19-9-4-2-5-10-19)20-11-6-3-7-12-20/h2-14,22H,15-18H2,1H3. The molecule has 138 valence electrons. The summed E-state index contributed by atoms with van der Waals surface area (Å²) in [4.78, 5) is 17.2. The molecule has 0 radical (unpaired) electrons. The minimum atomic E-state index is 0.123. The molecule has 0 atom stereocenters. The van der Waals surface area contributed by atoms with Crippen molar-refractivity contribution < 1.29 is 4.79 Å². The normalized spacial score (nSPS) is 15.3. The molecular weight excluding hydrogens is 334 g/mol. The summed E-state index contributed by atoms with van der Waals surface area (Å²) in [6.07, 6.45) is 1.92. The van der Waals surface area contributed by atoms with E-state index in [1.807, 2.05) is 34.8 Å². The van der Waals surface area contributed by atoms with Gasteiger partial charge in [-0.2, -0.15) is 0 Å². The van der Waals surface area contributed by atoms with Gasteiger partial charge >= 0.3 is 0 Å². The van der Waals surface area contributed by atoms with Crippen molar-refractivity contribution in [2.45, 2.75) is 6.04 Å². The Morgan fingerprint density at radius 3 is 1.81 bits per heavy atom. The van der Waals surface area contributed by atoms with E-state index in [1.165, 1.54) is 11.1 Å². The fourth-order valence-corrected chi connectivity index (χ4v) is 3.91. The third-order valence-electron chi connectivity index (χ3n) is 5.36. The number of piperazine rings is 1. The van der Waals surface area contributed by atoms with Crippen LogP contribution in [-0.4, -0.2) is 46.5 Å². The number of benzene rings is 2. The van der Waals surface area contributed by atoms with Gasteiger partial charge in [0.2, 0.25) is 0 Å². The Kier molecular flexibility index (Phi) is 5.07. The van der Waals surface area contributed by atoms with Crippen molar-refractivity contribution in [1.82, 2.24) is 14.4 Å². The molecule has 3 aromatic rings. The molecule has 1 amide bonds. The molecule has 1 saturated heterocycles. The van der Waals surface area contributed by atoms with Gasteiger partial charge in [-0.15, -0.1) is 0 Å². The van der Waals surface area contributed by atoms with Crippen LogP contribution in [0.25, 0.3) is 0 Å². The highest BCUT2D eigenvalue weighted by Gasteiger charge is 2.29. The molecule has 1 aromatic heterocycles. The number of hydrogen-bond acceptors (Lipinski definition) is 2. The van der Waals surface area contributed by atoms with Crippen LogP contribution in [0.3, 0.4) is 0 Å². The van der Waals surface area contributed by atoms with Crippen LogP contribution in [-0.2, 0) is 7.05 Å². The zero-order chi connectivity index (χ0) is 18.6. The molecule has 0 spiro atoms. The third-order valence-corrected chi connectivity index (χ3v) is 5.36. The second-order valence-electron chi connectivity index (χ2n) is 7.06. The van der Waals surface area contributed by atoms with Gasteiger partial charge < -0.3 is 9.47 Å². The average Bonchev–Trinajstić information content (AvgIpc) is 3.16. The molecule has 4 rings (SSSR count). The molecule has 1 fully saturated rings. The van der Waals surface area contributed by atoms with Crippen LogP contribution in [0.5, 0.6) is 0 Å². The van der Waals surface area contributed by atoms with E-state index >= 15 is 0 Å². The van der Waals surface area contributed by atoms with Crippen LogP contribution in [0, 0.1) is 0 Å². The summed E-state index contributed by atoms with van der Waals surface area (Å²) in [6.45, 7) is 3.23. The first-order valence-corrected chi connectivity index (χ1v) is 9.48. The van der Waals surface area contributed by atoms with Crippen molar-refractivity contribution in [2.75, 3.05) is 26.2 Å². The molecule has 2 aromatic carbocycles. The fraction of sp³-hybridized carbons (Fsp3) is 0.261. The van der Waals surface area contributed by atoms with E-state index in [-0.39, 0.29) is 11.9 Å². The van der Waals surface area contributed by atoms with E-state index in [9.17, 15) is 4.79 Å². The average molecular weight is 359 g/mol. The van der Waals surface area contributed by atoms with E-state index in [0.29, 0.717) is 0 Å². The first-order valence-electron chi connectivity index (χ1n) is 9.48. The van der Waals surface area contributed by atoms with Gasteiger partial charge in [-0.05, 0) is 23.3 Å². The van der Waals surface area contributed by atoms with Crippen molar-refractivity contribution in [2.24, 2.45) is 7.05 Å². The summed E-state index contributed by atoms with van der Waals surface area (Å²) in [7, 11) is 1.92. The Labute approximate surface area is 160 Å². The predicted molar refractivity (Wildman–Crippen MR) is 108 cm³/mol. The zero-order valence-electron chi connectivity index (χ0n) is 15.7. The molecule has 1 aliphatic heterocycles. The van der Waals surface area contributed by atoms with Crippen molar-refractivity contribution in [3.05, 3.63) is 95.8 Å².